The summed E-state index contributed by atoms with van der Waals surface area (Å²) in [6.07, 6.45) is 1.21. The Morgan fingerprint density at radius 1 is 1.38 bits per heavy atom. The molecule has 0 spiro atoms. The van der Waals surface area contributed by atoms with Crippen LogP contribution >= 0.6 is 0 Å². The van der Waals surface area contributed by atoms with Crippen LogP contribution in [0.3, 0.4) is 0 Å². The highest BCUT2D eigenvalue weighted by Crippen LogP contribution is 2.29. The van der Waals surface area contributed by atoms with Crippen molar-refractivity contribution in [1.29, 1.82) is 0 Å². The standard InChI is InChI=1S/C13H18N2O5S/c1-20-11-8-9(13(16)17)2-3-12(11)21(18,19)15-6-4-10(14)5-7-15/h2-3,8,10H,4-7,14H2,1H3,(H,16,17). The van der Waals surface area contributed by atoms with Crippen LogP contribution in [0, 0.1) is 0 Å². The number of hydrogen-bond donors (Lipinski definition) is 2. The Hall–Kier alpha value is -1.64. The number of nitrogens with zero attached hydrogens (tertiary/aromatic N) is 1. The minimum absolute atomic E-state index is 0.0210. The van der Waals surface area contributed by atoms with Gasteiger partial charge in [0.2, 0.25) is 10.0 Å². The number of nitrogens with two attached hydrogens (primary N) is 1. The van der Waals surface area contributed by atoms with E-state index in [1.54, 1.807) is 0 Å². The first kappa shape index (κ1) is 15.7. The maximum absolute atomic E-state index is 12.6. The molecule has 2 rings (SSSR count). The van der Waals surface area contributed by atoms with Gasteiger partial charge in [-0.25, -0.2) is 13.2 Å². The van der Waals surface area contributed by atoms with E-state index in [1.165, 1.54) is 29.6 Å². The van der Waals surface area contributed by atoms with E-state index in [-0.39, 0.29) is 22.3 Å². The minimum Gasteiger partial charge on any atom is -0.495 e. The van der Waals surface area contributed by atoms with E-state index in [0.717, 1.165) is 0 Å². The van der Waals surface area contributed by atoms with Gasteiger partial charge in [-0.05, 0) is 31.0 Å². The highest BCUT2D eigenvalue weighted by Gasteiger charge is 2.30. The van der Waals surface area contributed by atoms with Crippen molar-refractivity contribution in [2.24, 2.45) is 5.73 Å². The molecule has 0 radical (unpaired) electrons. The summed E-state index contributed by atoms with van der Waals surface area (Å²) in [5.74, 6) is -1.11. The lowest BCUT2D eigenvalue weighted by atomic mass is 10.1. The number of hydrogen-bond acceptors (Lipinski definition) is 5. The van der Waals surface area contributed by atoms with E-state index in [4.69, 9.17) is 15.6 Å². The van der Waals surface area contributed by atoms with E-state index in [2.05, 4.69) is 0 Å². The maximum Gasteiger partial charge on any atom is 0.335 e. The first-order valence-electron chi connectivity index (χ1n) is 6.53. The summed E-state index contributed by atoms with van der Waals surface area (Å²) in [5.41, 5.74) is 5.75. The molecule has 21 heavy (non-hydrogen) atoms. The Labute approximate surface area is 123 Å². The summed E-state index contributed by atoms with van der Waals surface area (Å²) in [6, 6.07) is 3.76. The van der Waals surface area contributed by atoms with Gasteiger partial charge in [-0.3, -0.25) is 0 Å². The number of ether oxygens (including phenoxy) is 1. The van der Waals surface area contributed by atoms with Crippen LogP contribution in [0.15, 0.2) is 23.1 Å². The number of piperidine rings is 1. The van der Waals surface area contributed by atoms with Crippen LogP contribution in [-0.2, 0) is 10.0 Å². The fraction of sp³-hybridized carbons (Fsp3) is 0.462. The second-order valence-electron chi connectivity index (χ2n) is 4.91. The minimum atomic E-state index is -3.71. The molecular weight excluding hydrogens is 296 g/mol. The van der Waals surface area contributed by atoms with Crippen LogP contribution in [-0.4, -0.2) is 50.0 Å². The molecule has 1 heterocycles. The average Bonchev–Trinajstić information content (AvgIpc) is 2.46. The number of rotatable bonds is 4. The molecule has 1 aromatic carbocycles. The summed E-state index contributed by atoms with van der Waals surface area (Å²) in [7, 11) is -2.40. The first-order valence-corrected chi connectivity index (χ1v) is 7.97. The molecule has 116 valence electrons. The second kappa shape index (κ2) is 6.00. The van der Waals surface area contributed by atoms with Crippen molar-refractivity contribution in [3.05, 3.63) is 23.8 Å². The van der Waals surface area contributed by atoms with Crippen molar-refractivity contribution in [3.63, 3.8) is 0 Å². The van der Waals surface area contributed by atoms with Gasteiger partial charge in [-0.2, -0.15) is 4.31 Å². The third-order valence-electron chi connectivity index (χ3n) is 3.53. The predicted molar refractivity (Wildman–Crippen MR) is 75.9 cm³/mol. The lowest BCUT2D eigenvalue weighted by molar-refractivity contribution is 0.0696. The Kier molecular flexibility index (Phi) is 4.50. The Bertz CT molecular complexity index is 636. The van der Waals surface area contributed by atoms with Gasteiger partial charge in [0.25, 0.3) is 0 Å². The summed E-state index contributed by atoms with van der Waals surface area (Å²) < 4.78 is 31.6. The van der Waals surface area contributed by atoms with Crippen LogP contribution in [0.1, 0.15) is 23.2 Å². The molecule has 0 unspecified atom stereocenters. The van der Waals surface area contributed by atoms with Crippen LogP contribution in [0.25, 0.3) is 0 Å². The maximum atomic E-state index is 12.6. The van der Waals surface area contributed by atoms with E-state index in [9.17, 15) is 13.2 Å². The van der Waals surface area contributed by atoms with Gasteiger partial charge in [-0.15, -0.1) is 0 Å². The zero-order valence-corrected chi connectivity index (χ0v) is 12.5. The fourth-order valence-electron chi connectivity index (χ4n) is 2.27. The third kappa shape index (κ3) is 3.17. The molecule has 0 aliphatic carbocycles. The topological polar surface area (TPSA) is 110 Å². The van der Waals surface area contributed by atoms with Crippen molar-refractivity contribution in [2.75, 3.05) is 20.2 Å². The molecule has 0 saturated carbocycles. The highest BCUT2D eigenvalue weighted by molar-refractivity contribution is 7.89. The molecule has 1 aromatic rings. The summed E-state index contributed by atoms with van der Waals surface area (Å²) in [4.78, 5) is 10.9. The van der Waals surface area contributed by atoms with Gasteiger partial charge in [0.15, 0.2) is 0 Å². The lowest BCUT2D eigenvalue weighted by Gasteiger charge is -2.29. The highest BCUT2D eigenvalue weighted by atomic mass is 32.2. The summed E-state index contributed by atoms with van der Waals surface area (Å²) >= 11 is 0. The SMILES string of the molecule is COc1cc(C(=O)O)ccc1S(=O)(=O)N1CCC(N)CC1. The lowest BCUT2D eigenvalue weighted by Crippen LogP contribution is -2.42. The second-order valence-corrected chi connectivity index (χ2v) is 6.82. The Morgan fingerprint density at radius 3 is 2.52 bits per heavy atom. The molecule has 8 heteroatoms. The van der Waals surface area contributed by atoms with Crippen LogP contribution in [0.2, 0.25) is 0 Å². The van der Waals surface area contributed by atoms with Gasteiger partial charge in [0.05, 0.1) is 12.7 Å². The van der Waals surface area contributed by atoms with Gasteiger partial charge >= 0.3 is 5.97 Å². The number of sulfonamides is 1. The molecule has 1 saturated heterocycles. The Balaban J connectivity index is 2.38. The molecule has 0 atom stereocenters. The number of methoxy groups -OCH3 is 1. The van der Waals surface area contributed by atoms with E-state index < -0.39 is 16.0 Å². The number of aromatic carboxylic acids is 1. The Morgan fingerprint density at radius 2 is 2.00 bits per heavy atom. The van der Waals surface area contributed by atoms with E-state index in [0.29, 0.717) is 25.9 Å². The van der Waals surface area contributed by atoms with Gasteiger partial charge in [-0.1, -0.05) is 0 Å². The quantitative estimate of drug-likeness (QED) is 0.837. The van der Waals surface area contributed by atoms with Gasteiger partial charge in [0.1, 0.15) is 10.6 Å². The van der Waals surface area contributed by atoms with E-state index in [1.807, 2.05) is 0 Å². The molecule has 1 aliphatic rings. The number of benzene rings is 1. The molecule has 1 aliphatic heterocycles. The van der Waals surface area contributed by atoms with E-state index >= 15 is 0 Å². The van der Waals surface area contributed by atoms with Crippen LogP contribution in [0.4, 0.5) is 0 Å². The first-order chi connectivity index (χ1) is 9.86. The zero-order valence-electron chi connectivity index (χ0n) is 11.7. The average molecular weight is 314 g/mol. The molecule has 7 nitrogen and oxygen atoms in total. The molecule has 0 bridgehead atoms. The number of carboxylic acid groups (broad SMARTS) is 1. The van der Waals surface area contributed by atoms with Crippen LogP contribution in [0.5, 0.6) is 5.75 Å². The number of carboxylic acids is 1. The summed E-state index contributed by atoms with van der Waals surface area (Å²) in [6.45, 7) is 0.709. The smallest absolute Gasteiger partial charge is 0.335 e. The van der Waals surface area contributed by atoms with Gasteiger partial charge < -0.3 is 15.6 Å². The van der Waals surface area contributed by atoms with Gasteiger partial charge in [0, 0.05) is 19.1 Å². The van der Waals surface area contributed by atoms with Crippen molar-refractivity contribution < 1.29 is 23.1 Å². The normalized spacial score (nSPS) is 17.6. The molecule has 3 N–H and O–H groups in total. The molecule has 0 amide bonds. The van der Waals surface area contributed by atoms with Crippen molar-refractivity contribution in [1.82, 2.24) is 4.31 Å². The molecule has 0 aromatic heterocycles. The zero-order chi connectivity index (χ0) is 15.6. The number of carbonyl (C=O) groups is 1. The monoisotopic (exact) mass is 314 g/mol. The predicted octanol–water partition coefficient (Wildman–Crippen LogP) is 0.505. The third-order valence-corrected chi connectivity index (χ3v) is 5.47. The summed E-state index contributed by atoms with van der Waals surface area (Å²) in [5, 5.41) is 8.95. The van der Waals surface area contributed by atoms with Crippen molar-refractivity contribution >= 4 is 16.0 Å². The molecular formula is C13H18N2O5S. The molecule has 1 fully saturated rings. The fourth-order valence-corrected chi connectivity index (χ4v) is 3.88. The van der Waals surface area contributed by atoms with Crippen molar-refractivity contribution in [2.45, 2.75) is 23.8 Å². The van der Waals surface area contributed by atoms with Crippen molar-refractivity contribution in [3.8, 4) is 5.75 Å². The van der Waals surface area contributed by atoms with Crippen LogP contribution < -0.4 is 10.5 Å². The largest absolute Gasteiger partial charge is 0.495 e.